The van der Waals surface area contributed by atoms with E-state index in [1.165, 1.54) is 7.11 Å². The number of imidazole rings is 1. The highest BCUT2D eigenvalue weighted by Gasteiger charge is 2.15. The zero-order chi connectivity index (χ0) is 23.4. The number of benzene rings is 1. The van der Waals surface area contributed by atoms with Crippen molar-refractivity contribution in [2.45, 2.75) is 13.5 Å². The first-order valence-electron chi connectivity index (χ1n) is 10.4. The highest BCUT2D eigenvalue weighted by Crippen LogP contribution is 2.25. The number of aryl methyl sites for hydroxylation is 1. The molecule has 0 N–H and O–H groups in total. The molecule has 9 heteroatoms. The maximum absolute atomic E-state index is 11.7. The van der Waals surface area contributed by atoms with E-state index in [0.717, 1.165) is 22.7 Å². The fraction of sp³-hybridized carbons (Fsp3) is 0.250. The van der Waals surface area contributed by atoms with Crippen molar-refractivity contribution in [3.05, 3.63) is 76.8 Å². The number of rotatable bonds is 8. The molecule has 0 amide bonds. The van der Waals surface area contributed by atoms with Crippen LogP contribution in [0.1, 0.15) is 21.9 Å². The van der Waals surface area contributed by atoms with E-state index in [-0.39, 0.29) is 5.69 Å². The van der Waals surface area contributed by atoms with Crippen LogP contribution in [-0.4, -0.2) is 52.8 Å². The van der Waals surface area contributed by atoms with Gasteiger partial charge < -0.3 is 18.9 Å². The summed E-state index contributed by atoms with van der Waals surface area (Å²) in [4.78, 5) is 26.9. The van der Waals surface area contributed by atoms with Gasteiger partial charge in [0, 0.05) is 18.3 Å². The van der Waals surface area contributed by atoms with Crippen molar-refractivity contribution in [3.8, 4) is 5.75 Å². The van der Waals surface area contributed by atoms with Crippen LogP contribution < -0.4 is 9.64 Å². The lowest BCUT2D eigenvalue weighted by Gasteiger charge is -2.18. The normalized spacial score (nSPS) is 10.9. The Kier molecular flexibility index (Phi) is 6.74. The summed E-state index contributed by atoms with van der Waals surface area (Å²) >= 11 is 6.56. The molecule has 8 nitrogen and oxygen atoms in total. The summed E-state index contributed by atoms with van der Waals surface area (Å²) in [5, 5.41) is 0.603. The van der Waals surface area contributed by atoms with Gasteiger partial charge in [-0.3, -0.25) is 0 Å². The number of hydrogen-bond acceptors (Lipinski definition) is 7. The zero-order valence-corrected chi connectivity index (χ0v) is 19.4. The number of likely N-dealkylation sites (N-methyl/N-ethyl adjacent to an activating group) is 1. The average molecular weight is 466 g/mol. The molecule has 0 aliphatic rings. The van der Waals surface area contributed by atoms with Gasteiger partial charge in [0.2, 0.25) is 0 Å². The van der Waals surface area contributed by atoms with Gasteiger partial charge in [-0.2, -0.15) is 0 Å². The molecule has 0 saturated carbocycles. The number of methoxy groups -OCH3 is 1. The van der Waals surface area contributed by atoms with Crippen LogP contribution >= 0.6 is 11.6 Å². The largest absolute Gasteiger partial charge is 0.492 e. The fourth-order valence-corrected chi connectivity index (χ4v) is 3.68. The fourth-order valence-electron chi connectivity index (χ4n) is 3.45. The van der Waals surface area contributed by atoms with Crippen molar-refractivity contribution < 1.29 is 14.3 Å². The van der Waals surface area contributed by atoms with Crippen LogP contribution in [-0.2, 0) is 11.3 Å². The van der Waals surface area contributed by atoms with Crippen molar-refractivity contribution in [2.75, 3.05) is 32.2 Å². The molecule has 0 aliphatic carbocycles. The monoisotopic (exact) mass is 465 g/mol. The van der Waals surface area contributed by atoms with E-state index >= 15 is 0 Å². The van der Waals surface area contributed by atoms with Crippen LogP contribution in [0, 0.1) is 6.92 Å². The number of fused-ring (bicyclic) bond motifs is 1. The number of hydrogen-bond donors (Lipinski definition) is 0. The topological polar surface area (TPSA) is 82.4 Å². The van der Waals surface area contributed by atoms with Crippen LogP contribution in [0.15, 0.2) is 54.7 Å². The maximum atomic E-state index is 11.7. The molecule has 33 heavy (non-hydrogen) atoms. The standard InChI is InChI=1S/C24H24ClN5O3/c1-16-27-23-21(10-9-20(28-23)24(31)32-3)30(16)15-17-7-8-18(14-19(17)25)33-13-12-29(2)22-6-4-5-11-26-22/h4-11,14H,12-13,15H2,1-3H3. The minimum Gasteiger partial charge on any atom is -0.492 e. The van der Waals surface area contributed by atoms with Crippen molar-refractivity contribution in [2.24, 2.45) is 0 Å². The van der Waals surface area contributed by atoms with Crippen LogP contribution in [0.2, 0.25) is 5.02 Å². The summed E-state index contributed by atoms with van der Waals surface area (Å²) in [6.45, 7) is 3.60. The molecule has 3 aromatic heterocycles. The molecule has 170 valence electrons. The Morgan fingerprint density at radius 2 is 2.00 bits per heavy atom. The van der Waals surface area contributed by atoms with E-state index in [1.54, 1.807) is 12.3 Å². The van der Waals surface area contributed by atoms with Gasteiger partial charge in [0.05, 0.1) is 25.7 Å². The number of nitrogens with zero attached hydrogens (tertiary/aromatic N) is 5. The lowest BCUT2D eigenvalue weighted by atomic mass is 10.2. The van der Waals surface area contributed by atoms with Gasteiger partial charge in [-0.05, 0) is 48.9 Å². The van der Waals surface area contributed by atoms with E-state index in [9.17, 15) is 4.79 Å². The van der Waals surface area contributed by atoms with Gasteiger partial charge in [-0.1, -0.05) is 23.7 Å². The highest BCUT2D eigenvalue weighted by atomic mass is 35.5. The molecule has 0 fully saturated rings. The van der Waals surface area contributed by atoms with Crippen molar-refractivity contribution in [3.63, 3.8) is 0 Å². The van der Waals surface area contributed by atoms with Crippen LogP contribution in [0.3, 0.4) is 0 Å². The SMILES string of the molecule is COC(=O)c1ccc2c(n1)nc(C)n2Cc1ccc(OCCN(C)c2ccccn2)cc1Cl. The van der Waals surface area contributed by atoms with E-state index in [0.29, 0.717) is 36.1 Å². The molecule has 4 rings (SSSR count). The van der Waals surface area contributed by atoms with Crippen LogP contribution in [0.5, 0.6) is 5.75 Å². The second kappa shape index (κ2) is 9.87. The van der Waals surface area contributed by atoms with Gasteiger partial charge >= 0.3 is 5.97 Å². The Bertz CT molecular complexity index is 1280. The smallest absolute Gasteiger partial charge is 0.356 e. The summed E-state index contributed by atoms with van der Waals surface area (Å²) in [5.74, 6) is 1.88. The zero-order valence-electron chi connectivity index (χ0n) is 18.7. The molecule has 4 aromatic rings. The average Bonchev–Trinajstić information content (AvgIpc) is 3.14. The van der Waals surface area contributed by atoms with E-state index in [2.05, 4.69) is 15.0 Å². The third-order valence-electron chi connectivity index (χ3n) is 5.29. The van der Waals surface area contributed by atoms with Gasteiger partial charge in [-0.15, -0.1) is 0 Å². The molecule has 3 heterocycles. The third-order valence-corrected chi connectivity index (χ3v) is 5.64. The second-order valence-corrected chi connectivity index (χ2v) is 7.89. The van der Waals surface area contributed by atoms with Gasteiger partial charge in [0.25, 0.3) is 0 Å². The first-order chi connectivity index (χ1) is 16.0. The summed E-state index contributed by atoms with van der Waals surface area (Å²) in [6, 6.07) is 14.9. The maximum Gasteiger partial charge on any atom is 0.356 e. The minimum absolute atomic E-state index is 0.225. The Morgan fingerprint density at radius 3 is 2.73 bits per heavy atom. The molecule has 0 aliphatic heterocycles. The predicted molar refractivity (Wildman–Crippen MR) is 127 cm³/mol. The molecule has 0 unspecified atom stereocenters. The molecule has 0 atom stereocenters. The lowest BCUT2D eigenvalue weighted by Crippen LogP contribution is -2.24. The molecule has 0 radical (unpaired) electrons. The number of carbonyl (C=O) groups excluding carboxylic acids is 1. The van der Waals surface area contributed by atoms with Gasteiger partial charge in [0.15, 0.2) is 11.3 Å². The number of pyridine rings is 2. The number of carbonyl (C=O) groups is 1. The summed E-state index contributed by atoms with van der Waals surface area (Å²) < 4.78 is 12.6. The van der Waals surface area contributed by atoms with Gasteiger partial charge in [0.1, 0.15) is 24.0 Å². The molecule has 1 aromatic carbocycles. The number of esters is 1. The lowest BCUT2D eigenvalue weighted by molar-refractivity contribution is 0.0594. The van der Waals surface area contributed by atoms with Crippen LogP contribution in [0.4, 0.5) is 5.82 Å². The Morgan fingerprint density at radius 1 is 1.15 bits per heavy atom. The first kappa shape index (κ1) is 22.5. The van der Waals surface area contributed by atoms with E-state index in [4.69, 9.17) is 21.1 Å². The molecule has 0 spiro atoms. The third kappa shape index (κ3) is 5.06. The van der Waals surface area contributed by atoms with Crippen molar-refractivity contribution in [1.29, 1.82) is 0 Å². The second-order valence-electron chi connectivity index (χ2n) is 7.49. The van der Waals surface area contributed by atoms with Crippen molar-refractivity contribution >= 4 is 34.6 Å². The highest BCUT2D eigenvalue weighted by molar-refractivity contribution is 6.31. The van der Waals surface area contributed by atoms with E-state index in [1.807, 2.05) is 65.9 Å². The summed E-state index contributed by atoms with van der Waals surface area (Å²) in [7, 11) is 3.30. The van der Waals surface area contributed by atoms with Gasteiger partial charge in [-0.25, -0.2) is 19.7 Å². The molecular formula is C24H24ClN5O3. The molecule has 0 bridgehead atoms. The predicted octanol–water partition coefficient (Wildman–Crippen LogP) is 4.14. The minimum atomic E-state index is -0.492. The number of halogens is 1. The Hall–Kier alpha value is -3.65. The van der Waals surface area contributed by atoms with Crippen LogP contribution in [0.25, 0.3) is 11.2 Å². The van der Waals surface area contributed by atoms with Crippen molar-refractivity contribution in [1.82, 2.24) is 19.5 Å². The quantitative estimate of drug-likeness (QED) is 0.362. The summed E-state index contributed by atoms with van der Waals surface area (Å²) in [5.41, 5.74) is 2.45. The summed E-state index contributed by atoms with van der Waals surface area (Å²) in [6.07, 6.45) is 1.77. The Labute approximate surface area is 196 Å². The molecule has 0 saturated heterocycles. The Balaban J connectivity index is 1.44. The molecular weight excluding hydrogens is 442 g/mol. The number of anilines is 1. The van der Waals surface area contributed by atoms with E-state index < -0.39 is 5.97 Å². The first-order valence-corrected chi connectivity index (χ1v) is 10.8. The number of aromatic nitrogens is 4. The number of ether oxygens (including phenoxy) is 2.